The van der Waals surface area contributed by atoms with E-state index in [0.29, 0.717) is 18.9 Å². The van der Waals surface area contributed by atoms with E-state index in [0.717, 1.165) is 22.7 Å². The summed E-state index contributed by atoms with van der Waals surface area (Å²) in [4.78, 5) is 16.6. The molecule has 0 bridgehead atoms. The van der Waals surface area contributed by atoms with Gasteiger partial charge in [0.1, 0.15) is 5.01 Å². The van der Waals surface area contributed by atoms with Crippen molar-refractivity contribution in [3.05, 3.63) is 40.9 Å². The van der Waals surface area contributed by atoms with E-state index < -0.39 is 0 Å². The second-order valence-corrected chi connectivity index (χ2v) is 7.03. The standard InChI is InChI=1S/C18H23N3OS.ClH/c1-2-12-3-5-14(6-4-12)18-21-15(11-23-18)9-17(22)20-10-16(19)13-7-8-13;/h3-6,11,13,16H,2,7-10,19H2,1H3,(H,20,22);1H. The number of nitrogens with one attached hydrogen (secondary N) is 1. The summed E-state index contributed by atoms with van der Waals surface area (Å²) in [5, 5.41) is 5.84. The quantitative estimate of drug-likeness (QED) is 0.791. The molecule has 0 aliphatic heterocycles. The number of amides is 1. The predicted octanol–water partition coefficient (Wildman–Crippen LogP) is 3.19. The Morgan fingerprint density at radius 1 is 1.38 bits per heavy atom. The van der Waals surface area contributed by atoms with Crippen LogP contribution in [0.2, 0.25) is 0 Å². The number of hydrogen-bond donors (Lipinski definition) is 2. The zero-order valence-electron chi connectivity index (χ0n) is 13.8. The molecule has 1 amide bonds. The van der Waals surface area contributed by atoms with E-state index in [1.54, 1.807) is 11.3 Å². The molecule has 1 unspecified atom stereocenters. The van der Waals surface area contributed by atoms with Gasteiger partial charge in [0.25, 0.3) is 0 Å². The van der Waals surface area contributed by atoms with Gasteiger partial charge in [-0.15, -0.1) is 23.7 Å². The van der Waals surface area contributed by atoms with Crippen LogP contribution in [0, 0.1) is 5.92 Å². The molecule has 0 spiro atoms. The molecule has 3 rings (SSSR count). The molecular formula is C18H24ClN3OS. The minimum Gasteiger partial charge on any atom is -0.354 e. The maximum atomic E-state index is 12.0. The van der Waals surface area contributed by atoms with Gasteiger partial charge in [0, 0.05) is 23.5 Å². The summed E-state index contributed by atoms with van der Waals surface area (Å²) in [6, 6.07) is 8.54. The third-order valence-corrected chi connectivity index (χ3v) is 5.21. The molecule has 0 radical (unpaired) electrons. The van der Waals surface area contributed by atoms with Crippen LogP contribution in [-0.2, 0) is 17.6 Å². The molecule has 6 heteroatoms. The number of carbonyl (C=O) groups excluding carboxylic acids is 1. The molecule has 3 N–H and O–H groups in total. The zero-order valence-corrected chi connectivity index (χ0v) is 15.5. The molecule has 1 aliphatic carbocycles. The van der Waals surface area contributed by atoms with Crippen molar-refractivity contribution in [3.63, 3.8) is 0 Å². The summed E-state index contributed by atoms with van der Waals surface area (Å²) in [7, 11) is 0. The SMILES string of the molecule is CCc1ccc(-c2nc(CC(=O)NCC(N)C3CC3)cs2)cc1.Cl. The monoisotopic (exact) mass is 365 g/mol. The predicted molar refractivity (Wildman–Crippen MR) is 102 cm³/mol. The number of carbonyl (C=O) groups is 1. The molecule has 24 heavy (non-hydrogen) atoms. The van der Waals surface area contributed by atoms with Gasteiger partial charge in [-0.3, -0.25) is 4.79 Å². The van der Waals surface area contributed by atoms with Crippen molar-refractivity contribution < 1.29 is 4.79 Å². The van der Waals surface area contributed by atoms with Crippen molar-refractivity contribution in [2.45, 2.75) is 38.6 Å². The van der Waals surface area contributed by atoms with E-state index in [9.17, 15) is 4.79 Å². The first-order valence-electron chi connectivity index (χ1n) is 8.21. The summed E-state index contributed by atoms with van der Waals surface area (Å²) < 4.78 is 0. The normalized spacial score (nSPS) is 14.8. The maximum Gasteiger partial charge on any atom is 0.226 e. The van der Waals surface area contributed by atoms with Crippen molar-refractivity contribution in [2.75, 3.05) is 6.54 Å². The van der Waals surface area contributed by atoms with Crippen LogP contribution in [0.1, 0.15) is 31.0 Å². The number of nitrogens with zero attached hydrogens (tertiary/aromatic N) is 1. The van der Waals surface area contributed by atoms with Gasteiger partial charge in [-0.25, -0.2) is 4.98 Å². The van der Waals surface area contributed by atoms with Crippen LogP contribution in [-0.4, -0.2) is 23.5 Å². The van der Waals surface area contributed by atoms with Crippen molar-refractivity contribution in [2.24, 2.45) is 11.7 Å². The van der Waals surface area contributed by atoms with Crippen molar-refractivity contribution in [1.82, 2.24) is 10.3 Å². The van der Waals surface area contributed by atoms with Crippen LogP contribution < -0.4 is 11.1 Å². The second kappa shape index (κ2) is 8.60. The van der Waals surface area contributed by atoms with E-state index in [1.807, 2.05) is 5.38 Å². The lowest BCUT2D eigenvalue weighted by Gasteiger charge is -2.10. The van der Waals surface area contributed by atoms with Crippen LogP contribution in [0.15, 0.2) is 29.6 Å². The van der Waals surface area contributed by atoms with E-state index >= 15 is 0 Å². The molecule has 4 nitrogen and oxygen atoms in total. The highest BCUT2D eigenvalue weighted by Crippen LogP contribution is 2.31. The Morgan fingerprint density at radius 2 is 2.08 bits per heavy atom. The highest BCUT2D eigenvalue weighted by Gasteiger charge is 2.28. The summed E-state index contributed by atoms with van der Waals surface area (Å²) >= 11 is 1.58. The molecule has 1 aromatic carbocycles. The Kier molecular flexibility index (Phi) is 6.78. The van der Waals surface area contributed by atoms with Crippen LogP contribution in [0.25, 0.3) is 10.6 Å². The lowest BCUT2D eigenvalue weighted by atomic mass is 10.1. The van der Waals surface area contributed by atoms with Crippen LogP contribution >= 0.6 is 23.7 Å². The Labute approximate surface area is 153 Å². The summed E-state index contributed by atoms with van der Waals surface area (Å²) in [6.45, 7) is 2.71. The van der Waals surface area contributed by atoms with Crippen molar-refractivity contribution in [1.29, 1.82) is 0 Å². The first-order valence-corrected chi connectivity index (χ1v) is 9.09. The first kappa shape index (κ1) is 18.9. The third kappa shape index (κ3) is 5.03. The lowest BCUT2D eigenvalue weighted by Crippen LogP contribution is -2.39. The average molecular weight is 366 g/mol. The lowest BCUT2D eigenvalue weighted by molar-refractivity contribution is -0.120. The Bertz CT molecular complexity index is 667. The van der Waals surface area contributed by atoms with Gasteiger partial charge in [-0.1, -0.05) is 31.2 Å². The highest BCUT2D eigenvalue weighted by atomic mass is 35.5. The number of benzene rings is 1. The minimum atomic E-state index is -0.000666. The van der Waals surface area contributed by atoms with Gasteiger partial charge in [-0.05, 0) is 30.7 Å². The fraction of sp³-hybridized carbons (Fsp3) is 0.444. The fourth-order valence-corrected chi connectivity index (χ4v) is 3.38. The van der Waals surface area contributed by atoms with Gasteiger partial charge < -0.3 is 11.1 Å². The molecule has 1 aliphatic rings. The van der Waals surface area contributed by atoms with Gasteiger partial charge in [-0.2, -0.15) is 0 Å². The number of rotatable bonds is 7. The molecule has 1 fully saturated rings. The van der Waals surface area contributed by atoms with Gasteiger partial charge in [0.15, 0.2) is 0 Å². The molecule has 1 aromatic heterocycles. The number of thiazole rings is 1. The molecule has 1 atom stereocenters. The Hall–Kier alpha value is -1.43. The third-order valence-electron chi connectivity index (χ3n) is 4.26. The highest BCUT2D eigenvalue weighted by molar-refractivity contribution is 7.13. The number of nitrogens with two attached hydrogens (primary N) is 1. The van der Waals surface area contributed by atoms with Crippen molar-refractivity contribution >= 4 is 29.7 Å². The van der Waals surface area contributed by atoms with E-state index in [2.05, 4.69) is 41.5 Å². The Morgan fingerprint density at radius 3 is 2.71 bits per heavy atom. The summed E-state index contributed by atoms with van der Waals surface area (Å²) in [5.74, 6) is 0.603. The van der Waals surface area contributed by atoms with E-state index in [1.165, 1.54) is 18.4 Å². The topological polar surface area (TPSA) is 68.0 Å². The van der Waals surface area contributed by atoms with Gasteiger partial charge >= 0.3 is 0 Å². The summed E-state index contributed by atoms with van der Waals surface area (Å²) in [6.07, 6.45) is 3.75. The van der Waals surface area contributed by atoms with Crippen molar-refractivity contribution in [3.8, 4) is 10.6 Å². The minimum absolute atomic E-state index is 0. The number of aryl methyl sites for hydroxylation is 1. The summed E-state index contributed by atoms with van der Waals surface area (Å²) in [5.41, 5.74) is 9.24. The number of aromatic nitrogens is 1. The smallest absolute Gasteiger partial charge is 0.226 e. The van der Waals surface area contributed by atoms with Gasteiger partial charge in [0.2, 0.25) is 5.91 Å². The number of hydrogen-bond acceptors (Lipinski definition) is 4. The van der Waals surface area contributed by atoms with Gasteiger partial charge in [0.05, 0.1) is 12.1 Å². The molecule has 1 heterocycles. The molecular weight excluding hydrogens is 342 g/mol. The molecule has 130 valence electrons. The first-order chi connectivity index (χ1) is 11.2. The largest absolute Gasteiger partial charge is 0.354 e. The van der Waals surface area contributed by atoms with Crippen LogP contribution in [0.4, 0.5) is 0 Å². The second-order valence-electron chi connectivity index (χ2n) is 6.18. The van der Waals surface area contributed by atoms with Crippen LogP contribution in [0.3, 0.4) is 0 Å². The zero-order chi connectivity index (χ0) is 16.2. The Balaban J connectivity index is 0.00000208. The number of halogens is 1. The molecule has 0 saturated heterocycles. The fourth-order valence-electron chi connectivity index (χ4n) is 2.55. The van der Waals surface area contributed by atoms with Crippen LogP contribution in [0.5, 0.6) is 0 Å². The maximum absolute atomic E-state index is 12.0. The van der Waals surface area contributed by atoms with E-state index in [-0.39, 0.29) is 24.4 Å². The molecule has 2 aromatic rings. The van der Waals surface area contributed by atoms with E-state index in [4.69, 9.17) is 5.73 Å². The average Bonchev–Trinajstić information content (AvgIpc) is 3.33. The molecule has 1 saturated carbocycles.